The van der Waals surface area contributed by atoms with Crippen LogP contribution in [0.3, 0.4) is 0 Å². The van der Waals surface area contributed by atoms with Gasteiger partial charge in [0.1, 0.15) is 0 Å². The van der Waals surface area contributed by atoms with Crippen LogP contribution in [0.5, 0.6) is 0 Å². The van der Waals surface area contributed by atoms with Crippen molar-refractivity contribution in [2.24, 2.45) is 0 Å². The van der Waals surface area contributed by atoms with Crippen molar-refractivity contribution in [1.29, 1.82) is 0 Å². The van der Waals surface area contributed by atoms with Crippen molar-refractivity contribution in [3.05, 3.63) is 42.5 Å². The van der Waals surface area contributed by atoms with Crippen LogP contribution in [0, 0.1) is 0 Å². The Morgan fingerprint density at radius 3 is 2.59 bits per heavy atom. The first kappa shape index (κ1) is 13.6. The average Bonchev–Trinajstić information content (AvgIpc) is 2.35. The molecule has 0 atom stereocenters. The second-order valence-electron chi connectivity index (χ2n) is 3.67. The quantitative estimate of drug-likeness (QED) is 0.479. The molecule has 1 aromatic rings. The first-order valence-electron chi connectivity index (χ1n) is 5.46. The second-order valence-corrected chi connectivity index (χ2v) is 4.12. The molecule has 92 valence electrons. The lowest BCUT2D eigenvalue weighted by Crippen LogP contribution is -2.28. The summed E-state index contributed by atoms with van der Waals surface area (Å²) >= 11 is 4.15. The van der Waals surface area contributed by atoms with Crippen molar-refractivity contribution < 1.29 is 9.63 Å². The summed E-state index contributed by atoms with van der Waals surface area (Å²) < 4.78 is 0. The standard InChI is InChI=1S/C13H17NO2S/c1-11(2)13(15)16-14(9-6-10-17)12-7-4-3-5-8-12/h3-5,7-8,17H,1,6,9-10H2,2H3. The molecular weight excluding hydrogens is 234 g/mol. The Morgan fingerprint density at radius 1 is 1.41 bits per heavy atom. The molecule has 0 radical (unpaired) electrons. The molecule has 1 rings (SSSR count). The smallest absolute Gasteiger partial charge is 0.336 e. The fourth-order valence-electron chi connectivity index (χ4n) is 1.21. The molecule has 4 heteroatoms. The Kier molecular flexibility index (Phi) is 5.63. The van der Waals surface area contributed by atoms with E-state index in [0.717, 1.165) is 17.9 Å². The molecular formula is C13H17NO2S. The number of benzene rings is 1. The number of hydroxylamine groups is 1. The van der Waals surface area contributed by atoms with E-state index in [1.54, 1.807) is 12.0 Å². The molecule has 0 aromatic heterocycles. The van der Waals surface area contributed by atoms with E-state index in [2.05, 4.69) is 19.2 Å². The predicted octanol–water partition coefficient (Wildman–Crippen LogP) is 2.85. The molecule has 0 unspecified atom stereocenters. The molecule has 0 fully saturated rings. The van der Waals surface area contributed by atoms with Gasteiger partial charge in [-0.25, -0.2) is 9.86 Å². The summed E-state index contributed by atoms with van der Waals surface area (Å²) in [4.78, 5) is 16.8. The number of carbonyl (C=O) groups excluding carboxylic acids is 1. The molecule has 17 heavy (non-hydrogen) atoms. The Morgan fingerprint density at radius 2 is 2.06 bits per heavy atom. The van der Waals surface area contributed by atoms with Gasteiger partial charge in [0.25, 0.3) is 0 Å². The van der Waals surface area contributed by atoms with E-state index >= 15 is 0 Å². The lowest BCUT2D eigenvalue weighted by atomic mass is 10.3. The number of thiol groups is 1. The predicted molar refractivity (Wildman–Crippen MR) is 73.2 cm³/mol. The summed E-state index contributed by atoms with van der Waals surface area (Å²) in [5, 5.41) is 1.58. The fraction of sp³-hybridized carbons (Fsp3) is 0.308. The molecule has 3 nitrogen and oxygen atoms in total. The number of para-hydroxylation sites is 1. The number of hydrogen-bond donors (Lipinski definition) is 1. The van der Waals surface area contributed by atoms with Crippen LogP contribution in [0.2, 0.25) is 0 Å². The topological polar surface area (TPSA) is 29.5 Å². The van der Waals surface area contributed by atoms with Crippen LogP contribution in [0.25, 0.3) is 0 Å². The third kappa shape index (κ3) is 4.53. The van der Waals surface area contributed by atoms with E-state index in [1.165, 1.54) is 0 Å². The lowest BCUT2D eigenvalue weighted by molar-refractivity contribution is -0.140. The third-order valence-corrected chi connectivity index (χ3v) is 2.42. The summed E-state index contributed by atoms with van der Waals surface area (Å²) in [5.74, 6) is 0.335. The maximum absolute atomic E-state index is 11.5. The Balaban J connectivity index is 2.74. The van der Waals surface area contributed by atoms with E-state index < -0.39 is 5.97 Å². The van der Waals surface area contributed by atoms with E-state index in [0.29, 0.717) is 12.1 Å². The molecule has 0 saturated carbocycles. The zero-order chi connectivity index (χ0) is 12.7. The van der Waals surface area contributed by atoms with Gasteiger partial charge in [-0.1, -0.05) is 24.8 Å². The van der Waals surface area contributed by atoms with Crippen molar-refractivity contribution in [2.45, 2.75) is 13.3 Å². The van der Waals surface area contributed by atoms with Crippen LogP contribution < -0.4 is 5.06 Å². The SMILES string of the molecule is C=C(C)C(=O)ON(CCCS)c1ccccc1. The molecule has 0 N–H and O–H groups in total. The lowest BCUT2D eigenvalue weighted by Gasteiger charge is -2.22. The Hall–Kier alpha value is -1.42. The highest BCUT2D eigenvalue weighted by Crippen LogP contribution is 2.15. The number of rotatable bonds is 6. The van der Waals surface area contributed by atoms with Crippen molar-refractivity contribution >= 4 is 24.3 Å². The van der Waals surface area contributed by atoms with E-state index in [1.807, 2.05) is 30.3 Å². The van der Waals surface area contributed by atoms with Crippen LogP contribution in [0.15, 0.2) is 42.5 Å². The molecule has 0 bridgehead atoms. The third-order valence-electron chi connectivity index (χ3n) is 2.11. The van der Waals surface area contributed by atoms with Crippen LogP contribution in [-0.4, -0.2) is 18.3 Å². The summed E-state index contributed by atoms with van der Waals surface area (Å²) in [6, 6.07) is 9.50. The van der Waals surface area contributed by atoms with E-state index in [-0.39, 0.29) is 0 Å². The second kappa shape index (κ2) is 7.01. The van der Waals surface area contributed by atoms with E-state index in [9.17, 15) is 4.79 Å². The maximum Gasteiger partial charge on any atom is 0.358 e. The Bertz CT molecular complexity index is 378. The molecule has 0 aliphatic rings. The minimum atomic E-state index is -0.409. The van der Waals surface area contributed by atoms with Gasteiger partial charge < -0.3 is 4.84 Å². The average molecular weight is 251 g/mol. The minimum absolute atomic E-state index is 0.386. The highest BCUT2D eigenvalue weighted by molar-refractivity contribution is 7.80. The van der Waals surface area contributed by atoms with Crippen LogP contribution in [-0.2, 0) is 9.63 Å². The maximum atomic E-state index is 11.5. The van der Waals surface area contributed by atoms with Crippen LogP contribution >= 0.6 is 12.6 Å². The summed E-state index contributed by atoms with van der Waals surface area (Å²) in [5.41, 5.74) is 1.24. The minimum Gasteiger partial charge on any atom is -0.336 e. The molecule has 0 aliphatic carbocycles. The summed E-state index contributed by atoms with van der Waals surface area (Å²) in [6.07, 6.45) is 0.835. The molecule has 0 aliphatic heterocycles. The van der Waals surface area contributed by atoms with Gasteiger partial charge in [0.2, 0.25) is 0 Å². The molecule has 0 saturated heterocycles. The van der Waals surface area contributed by atoms with Gasteiger partial charge in [-0.2, -0.15) is 12.6 Å². The molecule has 0 spiro atoms. The number of nitrogens with zero attached hydrogens (tertiary/aromatic N) is 1. The summed E-state index contributed by atoms with van der Waals surface area (Å²) in [6.45, 7) is 5.81. The van der Waals surface area contributed by atoms with Crippen LogP contribution in [0.4, 0.5) is 5.69 Å². The van der Waals surface area contributed by atoms with Gasteiger partial charge in [-0.3, -0.25) is 0 Å². The zero-order valence-electron chi connectivity index (χ0n) is 9.93. The first-order chi connectivity index (χ1) is 8.15. The van der Waals surface area contributed by atoms with Crippen molar-refractivity contribution in [2.75, 3.05) is 17.4 Å². The normalized spacial score (nSPS) is 9.76. The number of carbonyl (C=O) groups is 1. The summed E-state index contributed by atoms with van der Waals surface area (Å²) in [7, 11) is 0. The van der Waals surface area contributed by atoms with Gasteiger partial charge in [0, 0.05) is 5.57 Å². The Labute approximate surface area is 107 Å². The first-order valence-corrected chi connectivity index (χ1v) is 6.09. The highest BCUT2D eigenvalue weighted by atomic mass is 32.1. The number of anilines is 1. The van der Waals surface area contributed by atoms with Crippen LogP contribution in [0.1, 0.15) is 13.3 Å². The fourth-order valence-corrected chi connectivity index (χ4v) is 1.36. The van der Waals surface area contributed by atoms with Gasteiger partial charge in [0.15, 0.2) is 0 Å². The molecule has 0 heterocycles. The largest absolute Gasteiger partial charge is 0.358 e. The van der Waals surface area contributed by atoms with Gasteiger partial charge in [-0.05, 0) is 31.2 Å². The monoisotopic (exact) mass is 251 g/mol. The van der Waals surface area contributed by atoms with Crippen molar-refractivity contribution in [3.63, 3.8) is 0 Å². The zero-order valence-corrected chi connectivity index (χ0v) is 10.8. The molecule has 0 amide bonds. The van der Waals surface area contributed by atoms with Gasteiger partial charge >= 0.3 is 5.97 Å². The molecule has 1 aromatic carbocycles. The highest BCUT2D eigenvalue weighted by Gasteiger charge is 2.12. The van der Waals surface area contributed by atoms with Crippen molar-refractivity contribution in [3.8, 4) is 0 Å². The van der Waals surface area contributed by atoms with E-state index in [4.69, 9.17) is 4.84 Å². The number of hydrogen-bond acceptors (Lipinski definition) is 4. The van der Waals surface area contributed by atoms with Crippen molar-refractivity contribution in [1.82, 2.24) is 0 Å². The van der Waals surface area contributed by atoms with Gasteiger partial charge in [-0.15, -0.1) is 0 Å². The van der Waals surface area contributed by atoms with Gasteiger partial charge in [0.05, 0.1) is 12.2 Å².